The fraction of sp³-hybridized carbons (Fsp3) is 0. The van der Waals surface area contributed by atoms with Crippen molar-refractivity contribution in [1.82, 2.24) is 0 Å². The van der Waals surface area contributed by atoms with Crippen LogP contribution in [-0.2, 0) is 0 Å². The van der Waals surface area contributed by atoms with Gasteiger partial charge in [-0.3, -0.25) is 28.2 Å². The molecule has 0 saturated carbocycles. The van der Waals surface area contributed by atoms with Crippen LogP contribution in [0.4, 0.5) is 28.2 Å². The lowest BCUT2D eigenvalue weighted by atomic mass is 19.0. The summed E-state index contributed by atoms with van der Waals surface area (Å²) in [7, 11) is 0. The van der Waals surface area contributed by atoms with Gasteiger partial charge in [-0.25, -0.2) is 0 Å². The Morgan fingerprint density at radius 1 is 0.286 bits per heavy atom. The quantitative estimate of drug-likeness (QED) is 0.521. The molecule has 0 aliphatic rings. The van der Waals surface area contributed by atoms with E-state index in [1.54, 1.807) is 0 Å². The van der Waals surface area contributed by atoms with Crippen LogP contribution in [0.5, 0.6) is 0 Å². The van der Waals surface area contributed by atoms with Gasteiger partial charge in [0.1, 0.15) is 0 Å². The zero-order chi connectivity index (χ0) is 0. The van der Waals surface area contributed by atoms with Crippen molar-refractivity contribution < 1.29 is 28.2 Å². The van der Waals surface area contributed by atoms with Gasteiger partial charge in [-0.15, -0.1) is 17.0 Å². The molecule has 0 atom stereocenters. The van der Waals surface area contributed by atoms with Crippen LogP contribution in [0.25, 0.3) is 0 Å². The van der Waals surface area contributed by atoms with E-state index in [0.29, 0.717) is 0 Å². The van der Waals surface area contributed by atoms with Crippen molar-refractivity contribution in [3.8, 4) is 0 Å². The third-order valence-corrected chi connectivity index (χ3v) is 0. The van der Waals surface area contributed by atoms with Crippen LogP contribution in [0.3, 0.4) is 0 Å². The highest BCUT2D eigenvalue weighted by Crippen LogP contribution is 0.846. The van der Waals surface area contributed by atoms with Gasteiger partial charge in [0.2, 0.25) is 0 Å². The standard InChI is InChI=1S/BrH.6FH/h7*1H. The highest BCUT2D eigenvalue weighted by molar-refractivity contribution is 8.93. The van der Waals surface area contributed by atoms with Crippen LogP contribution in [0, 0.1) is 0 Å². The summed E-state index contributed by atoms with van der Waals surface area (Å²) in [6, 6.07) is 0. The maximum absolute atomic E-state index is 0. The van der Waals surface area contributed by atoms with Gasteiger partial charge in [-0.2, -0.15) is 0 Å². The van der Waals surface area contributed by atoms with E-state index in [9.17, 15) is 0 Å². The molecule has 0 aliphatic carbocycles. The van der Waals surface area contributed by atoms with Gasteiger partial charge in [0, 0.05) is 0 Å². The van der Waals surface area contributed by atoms with Crippen molar-refractivity contribution in [2.45, 2.75) is 0 Å². The lowest BCUT2D eigenvalue weighted by molar-refractivity contribution is 1.11. The van der Waals surface area contributed by atoms with Gasteiger partial charge in [0.15, 0.2) is 0 Å². The van der Waals surface area contributed by atoms with E-state index in [4.69, 9.17) is 0 Å². The highest BCUT2D eigenvalue weighted by atomic mass is 79.9. The van der Waals surface area contributed by atoms with Gasteiger partial charge in [0.25, 0.3) is 0 Å². The van der Waals surface area contributed by atoms with E-state index in [0.717, 1.165) is 0 Å². The Morgan fingerprint density at radius 2 is 0.286 bits per heavy atom. The van der Waals surface area contributed by atoms with E-state index in [1.165, 1.54) is 0 Å². The van der Waals surface area contributed by atoms with Gasteiger partial charge < -0.3 is 0 Å². The summed E-state index contributed by atoms with van der Waals surface area (Å²) in [5.74, 6) is 0. The highest BCUT2D eigenvalue weighted by Gasteiger charge is -0.114. The molecule has 0 rings (SSSR count). The first-order chi connectivity index (χ1) is 0. The van der Waals surface area contributed by atoms with Crippen LogP contribution in [-0.4, -0.2) is 0 Å². The monoisotopic (exact) mass is 200 g/mol. The normalized spacial score (nSPS) is 0. The molecule has 0 amide bonds. The summed E-state index contributed by atoms with van der Waals surface area (Å²) >= 11 is 0. The lowest BCUT2D eigenvalue weighted by Crippen LogP contribution is 0.419. The topological polar surface area (TPSA) is 0 Å². The largest absolute Gasteiger partial charge is 0.269 e. The average Bonchev–Trinajstić information content (AvgIpc) is 0. The number of halogens is 7. The number of hydrogen-bond donors (Lipinski definition) is 0. The molecule has 0 spiro atoms. The summed E-state index contributed by atoms with van der Waals surface area (Å²) in [6.45, 7) is 0. The van der Waals surface area contributed by atoms with Crippen molar-refractivity contribution in [2.75, 3.05) is 0 Å². The molecule has 0 bridgehead atoms. The molecule has 7 heteroatoms. The smallest absolute Gasteiger partial charge is 0.114 e. The summed E-state index contributed by atoms with van der Waals surface area (Å²) in [6.07, 6.45) is 0. The molecule has 0 heterocycles. The van der Waals surface area contributed by atoms with E-state index in [2.05, 4.69) is 0 Å². The zero-order valence-corrected chi connectivity index (χ0v) is 4.57. The first-order valence-electron chi connectivity index (χ1n) is 0. The zero-order valence-electron chi connectivity index (χ0n) is 2.86. The predicted octanol–water partition coefficient (Wildman–Crippen LogP) is 1.49. The third-order valence-electron chi connectivity index (χ3n) is 0. The maximum Gasteiger partial charge on any atom is -0.114 e. The van der Waals surface area contributed by atoms with Crippen LogP contribution >= 0.6 is 17.0 Å². The SMILES string of the molecule is Br.F.F.F.F.F.F. The minimum atomic E-state index is 0. The van der Waals surface area contributed by atoms with Crippen LogP contribution in [0.15, 0.2) is 0 Å². The number of rotatable bonds is 0. The second kappa shape index (κ2) is 43100. The Hall–Kier alpha value is 0.0600. The molecule has 56 valence electrons. The van der Waals surface area contributed by atoms with Crippen molar-refractivity contribution >= 4 is 17.0 Å². The molecule has 0 aromatic carbocycles. The van der Waals surface area contributed by atoms with Gasteiger partial charge in [-0.1, -0.05) is 0 Å². The predicted molar refractivity (Wildman–Crippen MR) is 25.3 cm³/mol. The van der Waals surface area contributed by atoms with E-state index in [1.807, 2.05) is 0 Å². The Kier molecular flexibility index (Phi) is 443000000. The second-order valence-electron chi connectivity index (χ2n) is 0. The maximum atomic E-state index is 0. The van der Waals surface area contributed by atoms with E-state index < -0.39 is 0 Å². The fourth-order valence-electron chi connectivity index (χ4n) is 0. The Labute approximate surface area is 46.3 Å². The molecule has 0 aromatic rings. The fourth-order valence-corrected chi connectivity index (χ4v) is 0. The van der Waals surface area contributed by atoms with Crippen molar-refractivity contribution in [2.24, 2.45) is 0 Å². The van der Waals surface area contributed by atoms with Crippen LogP contribution in [0.2, 0.25) is 0 Å². The second-order valence-corrected chi connectivity index (χ2v) is 0. The van der Waals surface area contributed by atoms with Crippen molar-refractivity contribution in [1.29, 1.82) is 0 Å². The molecule has 7 heavy (non-hydrogen) atoms. The minimum Gasteiger partial charge on any atom is -0.269 e. The molecule has 0 N–H and O–H groups in total. The van der Waals surface area contributed by atoms with Gasteiger partial charge >= 0.3 is 0 Å². The molecular formula is H7BrF6. The molecule has 0 nitrogen and oxygen atoms in total. The molecule has 0 unspecified atom stereocenters. The summed E-state index contributed by atoms with van der Waals surface area (Å²) in [5, 5.41) is 0. The van der Waals surface area contributed by atoms with Gasteiger partial charge in [0.05, 0.1) is 0 Å². The first-order valence-corrected chi connectivity index (χ1v) is 0. The molecular weight excluding hydrogens is 194 g/mol. The molecule has 0 aromatic heterocycles. The molecule has 0 radical (unpaired) electrons. The third kappa shape index (κ3) is 27700. The first kappa shape index (κ1) is 72000. The Bertz CT molecular complexity index is 4.14. The number of hydrogen-bond acceptors (Lipinski definition) is 0. The Balaban J connectivity index is 0. The van der Waals surface area contributed by atoms with E-state index in [-0.39, 0.29) is 45.2 Å². The molecule has 0 fully saturated rings. The Morgan fingerprint density at radius 3 is 0.286 bits per heavy atom. The summed E-state index contributed by atoms with van der Waals surface area (Å²) in [5.41, 5.74) is 0. The summed E-state index contributed by atoms with van der Waals surface area (Å²) < 4.78 is 0. The van der Waals surface area contributed by atoms with E-state index >= 15 is 0 Å². The molecule has 0 aliphatic heterocycles. The average molecular weight is 201 g/mol. The van der Waals surface area contributed by atoms with Crippen LogP contribution in [0.1, 0.15) is 0 Å². The molecule has 0 saturated heterocycles. The summed E-state index contributed by atoms with van der Waals surface area (Å²) in [4.78, 5) is 0. The van der Waals surface area contributed by atoms with Gasteiger partial charge in [-0.05, 0) is 0 Å². The van der Waals surface area contributed by atoms with Crippen LogP contribution < -0.4 is 0 Å². The minimum absolute atomic E-state index is 0. The van der Waals surface area contributed by atoms with Crippen molar-refractivity contribution in [3.05, 3.63) is 0 Å². The lowest BCUT2D eigenvalue weighted by Gasteiger charge is -0.270. The van der Waals surface area contributed by atoms with Crippen molar-refractivity contribution in [3.63, 3.8) is 0 Å².